The molecule has 3 rings (SSSR count). The van der Waals surface area contributed by atoms with Crippen molar-refractivity contribution in [3.8, 4) is 6.07 Å². The Morgan fingerprint density at radius 1 is 1.33 bits per heavy atom. The van der Waals surface area contributed by atoms with Gasteiger partial charge in [0.05, 0.1) is 5.56 Å². The minimum absolute atomic E-state index is 0.449. The van der Waals surface area contributed by atoms with Gasteiger partial charge >= 0.3 is 0 Å². The Hall–Kier alpha value is -1.60. The van der Waals surface area contributed by atoms with Crippen LogP contribution >= 0.6 is 0 Å². The fourth-order valence-corrected chi connectivity index (χ4v) is 2.83. The first-order valence-corrected chi connectivity index (χ1v) is 6.77. The van der Waals surface area contributed by atoms with Crippen LogP contribution in [0.1, 0.15) is 36.1 Å². The topological polar surface area (TPSA) is 60.7 Å². The van der Waals surface area contributed by atoms with Crippen LogP contribution in [0.5, 0.6) is 0 Å². The maximum Gasteiger partial charge on any atom is 0.144 e. The lowest BCUT2D eigenvalue weighted by Crippen LogP contribution is -2.35. The van der Waals surface area contributed by atoms with E-state index in [9.17, 15) is 5.26 Å². The lowest BCUT2D eigenvalue weighted by molar-refractivity contribution is 0.478. The zero-order valence-electron chi connectivity index (χ0n) is 10.5. The molecule has 0 radical (unpaired) electrons. The zero-order chi connectivity index (χ0) is 12.4. The van der Waals surface area contributed by atoms with Crippen LogP contribution in [0.15, 0.2) is 6.07 Å². The molecule has 0 unspecified atom stereocenters. The summed E-state index contributed by atoms with van der Waals surface area (Å²) in [5.74, 6) is 0.796. The van der Waals surface area contributed by atoms with Gasteiger partial charge in [-0.2, -0.15) is 5.26 Å². The molecule has 0 bridgehead atoms. The standard InChI is InChI=1S/C14H18N4/c15-9-11-8-10-2-1-3-13(10)18-14(11)17-12-4-6-16-7-5-12/h8,12,16H,1-7H2,(H,17,18). The predicted octanol–water partition coefficient (Wildman–Crippen LogP) is 1.61. The highest BCUT2D eigenvalue weighted by Crippen LogP contribution is 2.25. The first-order valence-electron chi connectivity index (χ1n) is 6.77. The molecule has 1 aliphatic carbocycles. The second-order valence-electron chi connectivity index (χ2n) is 5.12. The van der Waals surface area contributed by atoms with Gasteiger partial charge in [0.1, 0.15) is 11.9 Å². The van der Waals surface area contributed by atoms with E-state index in [0.29, 0.717) is 11.6 Å². The van der Waals surface area contributed by atoms with Crippen LogP contribution in [-0.2, 0) is 12.8 Å². The fraction of sp³-hybridized carbons (Fsp3) is 0.571. The lowest BCUT2D eigenvalue weighted by Gasteiger charge is -2.24. The highest BCUT2D eigenvalue weighted by Gasteiger charge is 2.19. The van der Waals surface area contributed by atoms with Crippen molar-refractivity contribution in [1.29, 1.82) is 5.26 Å². The molecule has 0 spiro atoms. The molecule has 1 aromatic heterocycles. The van der Waals surface area contributed by atoms with Gasteiger partial charge in [-0.3, -0.25) is 0 Å². The van der Waals surface area contributed by atoms with E-state index in [0.717, 1.165) is 44.6 Å². The van der Waals surface area contributed by atoms with E-state index >= 15 is 0 Å². The quantitative estimate of drug-likeness (QED) is 0.827. The van der Waals surface area contributed by atoms with E-state index < -0.39 is 0 Å². The molecule has 0 saturated carbocycles. The molecule has 94 valence electrons. The number of piperidine rings is 1. The molecular formula is C14H18N4. The number of pyridine rings is 1. The van der Waals surface area contributed by atoms with E-state index in [1.54, 1.807) is 0 Å². The number of aromatic nitrogens is 1. The number of nitrogens with zero attached hydrogens (tertiary/aromatic N) is 2. The number of anilines is 1. The maximum atomic E-state index is 9.24. The van der Waals surface area contributed by atoms with Gasteiger partial charge in [-0.05, 0) is 56.8 Å². The first kappa shape index (κ1) is 11.5. The van der Waals surface area contributed by atoms with Crippen LogP contribution in [0, 0.1) is 11.3 Å². The summed E-state index contributed by atoms with van der Waals surface area (Å²) >= 11 is 0. The smallest absolute Gasteiger partial charge is 0.144 e. The van der Waals surface area contributed by atoms with Gasteiger partial charge in [-0.25, -0.2) is 4.98 Å². The second kappa shape index (κ2) is 4.95. The second-order valence-corrected chi connectivity index (χ2v) is 5.12. The van der Waals surface area contributed by atoms with Crippen molar-refractivity contribution < 1.29 is 0 Å². The van der Waals surface area contributed by atoms with E-state index in [-0.39, 0.29) is 0 Å². The van der Waals surface area contributed by atoms with Crippen molar-refractivity contribution in [2.24, 2.45) is 0 Å². The SMILES string of the molecule is N#Cc1cc2c(nc1NC1CCNCC1)CCC2. The van der Waals surface area contributed by atoms with Crippen molar-refractivity contribution in [3.05, 3.63) is 22.9 Å². The molecule has 4 nitrogen and oxygen atoms in total. The largest absolute Gasteiger partial charge is 0.366 e. The Labute approximate surface area is 107 Å². The zero-order valence-corrected chi connectivity index (χ0v) is 10.5. The number of hydrogen-bond acceptors (Lipinski definition) is 4. The van der Waals surface area contributed by atoms with Crippen LogP contribution in [0.25, 0.3) is 0 Å². The molecule has 4 heteroatoms. The maximum absolute atomic E-state index is 9.24. The lowest BCUT2D eigenvalue weighted by atomic mass is 10.1. The summed E-state index contributed by atoms with van der Waals surface area (Å²) in [5.41, 5.74) is 3.15. The van der Waals surface area contributed by atoms with Gasteiger partial charge < -0.3 is 10.6 Å². The third kappa shape index (κ3) is 2.19. The number of fused-ring (bicyclic) bond motifs is 1. The van der Waals surface area contributed by atoms with Crippen molar-refractivity contribution in [3.63, 3.8) is 0 Å². The van der Waals surface area contributed by atoms with Gasteiger partial charge in [0.15, 0.2) is 0 Å². The molecular weight excluding hydrogens is 224 g/mol. The molecule has 2 aliphatic rings. The number of aryl methyl sites for hydroxylation is 2. The molecule has 0 amide bonds. The summed E-state index contributed by atoms with van der Waals surface area (Å²) in [6, 6.07) is 4.75. The average Bonchev–Trinajstić information content (AvgIpc) is 2.86. The summed E-state index contributed by atoms with van der Waals surface area (Å²) in [6.45, 7) is 2.09. The highest BCUT2D eigenvalue weighted by molar-refractivity contribution is 5.55. The third-order valence-corrected chi connectivity index (χ3v) is 3.85. The minimum Gasteiger partial charge on any atom is -0.366 e. The summed E-state index contributed by atoms with van der Waals surface area (Å²) in [5, 5.41) is 16.0. The minimum atomic E-state index is 0.449. The van der Waals surface area contributed by atoms with Gasteiger partial charge in [-0.15, -0.1) is 0 Å². The summed E-state index contributed by atoms with van der Waals surface area (Å²) in [4.78, 5) is 4.66. The van der Waals surface area contributed by atoms with E-state index in [1.165, 1.54) is 17.7 Å². The molecule has 1 fully saturated rings. The van der Waals surface area contributed by atoms with Crippen molar-refractivity contribution in [1.82, 2.24) is 10.3 Å². The molecule has 2 N–H and O–H groups in total. The Bertz CT molecular complexity index is 483. The van der Waals surface area contributed by atoms with Crippen LogP contribution in [0.2, 0.25) is 0 Å². The van der Waals surface area contributed by atoms with E-state index in [2.05, 4.69) is 21.7 Å². The molecule has 1 aliphatic heterocycles. The van der Waals surface area contributed by atoms with Crippen LogP contribution < -0.4 is 10.6 Å². The summed E-state index contributed by atoms with van der Waals surface area (Å²) in [7, 11) is 0. The number of rotatable bonds is 2. The van der Waals surface area contributed by atoms with Gasteiger partial charge in [-0.1, -0.05) is 0 Å². The highest BCUT2D eigenvalue weighted by atomic mass is 15.0. The number of nitriles is 1. The number of hydrogen-bond donors (Lipinski definition) is 2. The molecule has 2 heterocycles. The summed E-state index contributed by atoms with van der Waals surface area (Å²) in [6.07, 6.45) is 5.50. The number of nitrogens with one attached hydrogen (secondary N) is 2. The summed E-state index contributed by atoms with van der Waals surface area (Å²) < 4.78 is 0. The average molecular weight is 242 g/mol. The monoisotopic (exact) mass is 242 g/mol. The Morgan fingerprint density at radius 3 is 2.94 bits per heavy atom. The molecule has 0 atom stereocenters. The van der Waals surface area contributed by atoms with E-state index in [1.807, 2.05) is 6.07 Å². The van der Waals surface area contributed by atoms with Crippen LogP contribution in [-0.4, -0.2) is 24.1 Å². The Kier molecular flexibility index (Phi) is 3.16. The predicted molar refractivity (Wildman–Crippen MR) is 70.5 cm³/mol. The van der Waals surface area contributed by atoms with Gasteiger partial charge in [0.25, 0.3) is 0 Å². The van der Waals surface area contributed by atoms with Crippen LogP contribution in [0.3, 0.4) is 0 Å². The first-order chi connectivity index (χ1) is 8.86. The van der Waals surface area contributed by atoms with Gasteiger partial charge in [0.2, 0.25) is 0 Å². The molecule has 1 aromatic rings. The normalized spacial score (nSPS) is 19.3. The molecule has 0 aromatic carbocycles. The van der Waals surface area contributed by atoms with Crippen molar-refractivity contribution in [2.45, 2.75) is 38.1 Å². The van der Waals surface area contributed by atoms with E-state index in [4.69, 9.17) is 0 Å². The Morgan fingerprint density at radius 2 is 2.17 bits per heavy atom. The molecule has 1 saturated heterocycles. The van der Waals surface area contributed by atoms with Crippen molar-refractivity contribution in [2.75, 3.05) is 18.4 Å². The molecule has 18 heavy (non-hydrogen) atoms. The van der Waals surface area contributed by atoms with Crippen molar-refractivity contribution >= 4 is 5.82 Å². The van der Waals surface area contributed by atoms with Gasteiger partial charge in [0, 0.05) is 11.7 Å². The third-order valence-electron chi connectivity index (χ3n) is 3.85. The Balaban J connectivity index is 1.84. The van der Waals surface area contributed by atoms with Crippen LogP contribution in [0.4, 0.5) is 5.82 Å². The fourth-order valence-electron chi connectivity index (χ4n) is 2.83.